The molecule has 2 atom stereocenters. The highest BCUT2D eigenvalue weighted by Gasteiger charge is 2.29. The van der Waals surface area contributed by atoms with Crippen molar-refractivity contribution in [2.75, 3.05) is 11.4 Å². The van der Waals surface area contributed by atoms with Gasteiger partial charge in [-0.3, -0.25) is 0 Å². The van der Waals surface area contributed by atoms with Gasteiger partial charge in [0.25, 0.3) is 0 Å². The summed E-state index contributed by atoms with van der Waals surface area (Å²) in [5.74, 6) is 0.252. The number of rotatable bonds is 2. The van der Waals surface area contributed by atoms with E-state index in [0.29, 0.717) is 23.3 Å². The SMILES string of the molecule is CC1CCCN(c2nc3ccccc3cc2C(=O)O)C1C. The summed E-state index contributed by atoms with van der Waals surface area (Å²) < 4.78 is 0. The van der Waals surface area contributed by atoms with E-state index >= 15 is 0 Å². The largest absolute Gasteiger partial charge is 0.478 e. The maximum Gasteiger partial charge on any atom is 0.339 e. The highest BCUT2D eigenvalue weighted by atomic mass is 16.4. The molecule has 2 aromatic rings. The number of aromatic nitrogens is 1. The maximum absolute atomic E-state index is 11.6. The van der Waals surface area contributed by atoms with Crippen molar-refractivity contribution in [3.8, 4) is 0 Å². The first-order valence-electron chi connectivity index (χ1n) is 7.47. The molecule has 0 saturated carbocycles. The van der Waals surface area contributed by atoms with E-state index in [4.69, 9.17) is 0 Å². The van der Waals surface area contributed by atoms with Gasteiger partial charge < -0.3 is 10.0 Å². The Bertz CT molecular complexity index is 684. The van der Waals surface area contributed by atoms with Gasteiger partial charge in [0.2, 0.25) is 0 Å². The second kappa shape index (κ2) is 5.35. The van der Waals surface area contributed by atoms with Crippen molar-refractivity contribution in [3.05, 3.63) is 35.9 Å². The van der Waals surface area contributed by atoms with Crippen molar-refractivity contribution in [3.63, 3.8) is 0 Å². The van der Waals surface area contributed by atoms with Crippen molar-refractivity contribution in [1.82, 2.24) is 4.98 Å². The third-order valence-electron chi connectivity index (χ3n) is 4.58. The van der Waals surface area contributed by atoms with Crippen LogP contribution in [0.4, 0.5) is 5.82 Å². The average molecular weight is 284 g/mol. The molecule has 2 heterocycles. The molecule has 0 amide bonds. The molecule has 0 bridgehead atoms. The molecule has 1 aliphatic heterocycles. The Kier molecular flexibility index (Phi) is 3.53. The molecule has 110 valence electrons. The Morgan fingerprint density at radius 3 is 2.86 bits per heavy atom. The Morgan fingerprint density at radius 2 is 2.10 bits per heavy atom. The molecule has 0 radical (unpaired) electrons. The first-order valence-corrected chi connectivity index (χ1v) is 7.47. The monoisotopic (exact) mass is 284 g/mol. The normalized spacial score (nSPS) is 22.5. The predicted molar refractivity (Wildman–Crippen MR) is 83.9 cm³/mol. The summed E-state index contributed by atoms with van der Waals surface area (Å²) in [5, 5.41) is 10.4. The Balaban J connectivity index is 2.15. The van der Waals surface area contributed by atoms with Gasteiger partial charge in [-0.15, -0.1) is 0 Å². The molecule has 1 aliphatic rings. The molecule has 1 N–H and O–H groups in total. The van der Waals surface area contributed by atoms with E-state index in [1.807, 2.05) is 24.3 Å². The number of benzene rings is 1. The van der Waals surface area contributed by atoms with Crippen LogP contribution in [0.3, 0.4) is 0 Å². The van der Waals surface area contributed by atoms with Crippen LogP contribution in [0.15, 0.2) is 30.3 Å². The molecule has 4 heteroatoms. The van der Waals surface area contributed by atoms with Crippen LogP contribution in [-0.2, 0) is 0 Å². The van der Waals surface area contributed by atoms with Crippen LogP contribution in [-0.4, -0.2) is 28.6 Å². The Labute approximate surface area is 124 Å². The lowest BCUT2D eigenvalue weighted by molar-refractivity contribution is 0.0697. The second-order valence-corrected chi connectivity index (χ2v) is 5.91. The smallest absolute Gasteiger partial charge is 0.339 e. The molecule has 21 heavy (non-hydrogen) atoms. The first-order chi connectivity index (χ1) is 10.1. The number of aromatic carboxylic acids is 1. The molecule has 1 saturated heterocycles. The van der Waals surface area contributed by atoms with E-state index < -0.39 is 5.97 Å². The standard InChI is InChI=1S/C17H20N2O2/c1-11-6-5-9-19(12(11)2)16-14(17(20)21)10-13-7-3-4-8-15(13)18-16/h3-4,7-8,10-12H,5-6,9H2,1-2H3,(H,20,21). The molecular formula is C17H20N2O2. The van der Waals surface area contributed by atoms with E-state index in [1.165, 1.54) is 6.42 Å². The molecule has 4 nitrogen and oxygen atoms in total. The van der Waals surface area contributed by atoms with Crippen molar-refractivity contribution < 1.29 is 9.90 Å². The summed E-state index contributed by atoms with van der Waals surface area (Å²) in [4.78, 5) is 18.4. The third-order valence-corrected chi connectivity index (χ3v) is 4.58. The number of fused-ring (bicyclic) bond motifs is 1. The maximum atomic E-state index is 11.6. The highest BCUT2D eigenvalue weighted by Crippen LogP contribution is 2.31. The van der Waals surface area contributed by atoms with Crippen LogP contribution in [0.5, 0.6) is 0 Å². The number of piperidine rings is 1. The molecule has 1 aromatic heterocycles. The number of para-hydroxylation sites is 1. The lowest BCUT2D eigenvalue weighted by Gasteiger charge is -2.39. The quantitative estimate of drug-likeness (QED) is 0.916. The minimum atomic E-state index is -0.909. The van der Waals surface area contributed by atoms with Crippen LogP contribution in [0.1, 0.15) is 37.0 Å². The minimum Gasteiger partial charge on any atom is -0.478 e. The van der Waals surface area contributed by atoms with Gasteiger partial charge in [0.15, 0.2) is 0 Å². The van der Waals surface area contributed by atoms with Gasteiger partial charge in [0.05, 0.1) is 5.52 Å². The molecule has 2 unspecified atom stereocenters. The lowest BCUT2D eigenvalue weighted by atomic mass is 9.91. The van der Waals surface area contributed by atoms with Gasteiger partial charge >= 0.3 is 5.97 Å². The molecule has 0 aliphatic carbocycles. The zero-order valence-corrected chi connectivity index (χ0v) is 12.4. The first kappa shape index (κ1) is 13.9. The number of hydrogen-bond donors (Lipinski definition) is 1. The van der Waals surface area contributed by atoms with Crippen molar-refractivity contribution in [2.24, 2.45) is 5.92 Å². The molecule has 0 spiro atoms. The number of anilines is 1. The number of nitrogens with zero attached hydrogens (tertiary/aromatic N) is 2. The van der Waals surface area contributed by atoms with E-state index in [9.17, 15) is 9.90 Å². The lowest BCUT2D eigenvalue weighted by Crippen LogP contribution is -2.43. The predicted octanol–water partition coefficient (Wildman–Crippen LogP) is 3.56. The zero-order chi connectivity index (χ0) is 15.0. The molecular weight excluding hydrogens is 264 g/mol. The van der Waals surface area contributed by atoms with Gasteiger partial charge in [-0.2, -0.15) is 0 Å². The topological polar surface area (TPSA) is 53.4 Å². The molecule has 3 rings (SSSR count). The van der Waals surface area contributed by atoms with Crippen LogP contribution in [0, 0.1) is 5.92 Å². The van der Waals surface area contributed by atoms with E-state index in [1.54, 1.807) is 6.07 Å². The fourth-order valence-electron chi connectivity index (χ4n) is 3.12. The summed E-state index contributed by atoms with van der Waals surface area (Å²) in [6.45, 7) is 5.25. The number of carboxylic acids is 1. The fourth-order valence-corrected chi connectivity index (χ4v) is 3.12. The van der Waals surface area contributed by atoms with Crippen molar-refractivity contribution in [2.45, 2.75) is 32.7 Å². The van der Waals surface area contributed by atoms with Crippen molar-refractivity contribution in [1.29, 1.82) is 0 Å². The van der Waals surface area contributed by atoms with Gasteiger partial charge in [0, 0.05) is 18.0 Å². The van der Waals surface area contributed by atoms with Crippen LogP contribution < -0.4 is 4.90 Å². The Morgan fingerprint density at radius 1 is 1.33 bits per heavy atom. The summed E-state index contributed by atoms with van der Waals surface area (Å²) >= 11 is 0. The van der Waals surface area contributed by atoms with E-state index in [-0.39, 0.29) is 0 Å². The summed E-state index contributed by atoms with van der Waals surface area (Å²) in [7, 11) is 0. The summed E-state index contributed by atoms with van der Waals surface area (Å²) in [5.41, 5.74) is 1.15. The zero-order valence-electron chi connectivity index (χ0n) is 12.4. The van der Waals surface area contributed by atoms with E-state index in [0.717, 1.165) is 23.9 Å². The van der Waals surface area contributed by atoms with Gasteiger partial charge in [0.1, 0.15) is 11.4 Å². The number of carbonyl (C=O) groups is 1. The number of pyridine rings is 1. The number of hydrogen-bond acceptors (Lipinski definition) is 3. The van der Waals surface area contributed by atoms with Gasteiger partial charge in [-0.05, 0) is 37.8 Å². The molecule has 1 fully saturated rings. The van der Waals surface area contributed by atoms with Crippen molar-refractivity contribution >= 4 is 22.7 Å². The third kappa shape index (κ3) is 2.46. The number of carboxylic acid groups (broad SMARTS) is 1. The Hall–Kier alpha value is -2.10. The van der Waals surface area contributed by atoms with Gasteiger partial charge in [-0.1, -0.05) is 25.1 Å². The average Bonchev–Trinajstić information content (AvgIpc) is 2.48. The fraction of sp³-hybridized carbons (Fsp3) is 0.412. The summed E-state index contributed by atoms with van der Waals surface area (Å²) in [6.07, 6.45) is 2.27. The van der Waals surface area contributed by atoms with Crippen LogP contribution in [0.2, 0.25) is 0 Å². The van der Waals surface area contributed by atoms with Gasteiger partial charge in [-0.25, -0.2) is 9.78 Å². The van der Waals surface area contributed by atoms with Crippen LogP contribution in [0.25, 0.3) is 10.9 Å². The molecule has 1 aromatic carbocycles. The van der Waals surface area contributed by atoms with Crippen LogP contribution >= 0.6 is 0 Å². The summed E-state index contributed by atoms with van der Waals surface area (Å²) in [6, 6.07) is 9.73. The second-order valence-electron chi connectivity index (χ2n) is 5.91. The highest BCUT2D eigenvalue weighted by molar-refractivity contribution is 5.98. The van der Waals surface area contributed by atoms with E-state index in [2.05, 4.69) is 23.7 Å². The minimum absolute atomic E-state index is 0.301.